The summed E-state index contributed by atoms with van der Waals surface area (Å²) in [5.41, 5.74) is 0. The Kier molecular flexibility index (Phi) is 9.77. The van der Waals surface area contributed by atoms with Crippen LogP contribution in [0.4, 0.5) is 17.6 Å². The molecule has 7 unspecified atom stereocenters. The molecule has 3 aliphatic carbocycles. The Morgan fingerprint density at radius 3 is 2.36 bits per heavy atom. The maximum absolute atomic E-state index is 14.2. The SMILES string of the molecule is CCN(C1CCCC(OCCC2C(F)CCCC2Cl)C1)S(=O)(=O)C1CCCC(C(F)(F)F)C1. The van der Waals surface area contributed by atoms with Gasteiger partial charge in [0.1, 0.15) is 6.17 Å². The Bertz CT molecular complexity index is 713. The molecule has 0 aromatic carbocycles. The second kappa shape index (κ2) is 11.7. The number of nitrogens with zero attached hydrogens (tertiary/aromatic N) is 1. The van der Waals surface area contributed by atoms with Crippen molar-refractivity contribution in [3.63, 3.8) is 0 Å². The van der Waals surface area contributed by atoms with Crippen LogP contribution < -0.4 is 0 Å². The van der Waals surface area contributed by atoms with Gasteiger partial charge in [0, 0.05) is 30.5 Å². The summed E-state index contributed by atoms with van der Waals surface area (Å²) in [7, 11) is -3.83. The Morgan fingerprint density at radius 2 is 1.70 bits per heavy atom. The van der Waals surface area contributed by atoms with Gasteiger partial charge >= 0.3 is 6.18 Å². The highest BCUT2D eigenvalue weighted by Gasteiger charge is 2.47. The molecule has 10 heteroatoms. The highest BCUT2D eigenvalue weighted by Crippen LogP contribution is 2.41. The minimum atomic E-state index is -4.35. The van der Waals surface area contributed by atoms with Gasteiger partial charge < -0.3 is 4.74 Å². The number of halogens is 5. The van der Waals surface area contributed by atoms with Crippen LogP contribution in [0, 0.1) is 11.8 Å². The summed E-state index contributed by atoms with van der Waals surface area (Å²) in [5.74, 6) is -1.75. The van der Waals surface area contributed by atoms with Crippen LogP contribution in [0.15, 0.2) is 0 Å². The Hall–Kier alpha value is -0.120. The van der Waals surface area contributed by atoms with Crippen molar-refractivity contribution in [3.05, 3.63) is 0 Å². The highest BCUT2D eigenvalue weighted by molar-refractivity contribution is 7.89. The van der Waals surface area contributed by atoms with E-state index in [0.29, 0.717) is 32.3 Å². The van der Waals surface area contributed by atoms with E-state index < -0.39 is 33.5 Å². The van der Waals surface area contributed by atoms with Gasteiger partial charge in [-0.3, -0.25) is 0 Å². The Labute approximate surface area is 200 Å². The molecule has 3 aliphatic rings. The lowest BCUT2D eigenvalue weighted by molar-refractivity contribution is -0.181. The van der Waals surface area contributed by atoms with Crippen LogP contribution in [-0.4, -0.2) is 61.0 Å². The van der Waals surface area contributed by atoms with E-state index in [9.17, 15) is 26.0 Å². The van der Waals surface area contributed by atoms with Crippen LogP contribution in [0.2, 0.25) is 0 Å². The first-order valence-corrected chi connectivity index (χ1v) is 14.4. The van der Waals surface area contributed by atoms with E-state index >= 15 is 0 Å². The lowest BCUT2D eigenvalue weighted by Crippen LogP contribution is -2.49. The summed E-state index contributed by atoms with van der Waals surface area (Å²) in [4.78, 5) is 0. The van der Waals surface area contributed by atoms with Crippen molar-refractivity contribution in [1.29, 1.82) is 0 Å². The molecule has 194 valence electrons. The first-order valence-electron chi connectivity index (χ1n) is 12.5. The van der Waals surface area contributed by atoms with E-state index in [1.165, 1.54) is 4.31 Å². The molecule has 3 fully saturated rings. The average Bonchev–Trinajstić information content (AvgIpc) is 2.76. The summed E-state index contributed by atoms with van der Waals surface area (Å²) < 4.78 is 88.1. The largest absolute Gasteiger partial charge is 0.391 e. The molecule has 0 N–H and O–H groups in total. The van der Waals surface area contributed by atoms with E-state index in [-0.39, 0.29) is 55.7 Å². The molecule has 0 saturated heterocycles. The molecule has 0 aliphatic heterocycles. The van der Waals surface area contributed by atoms with Crippen molar-refractivity contribution in [2.75, 3.05) is 13.2 Å². The molecule has 3 saturated carbocycles. The van der Waals surface area contributed by atoms with Gasteiger partial charge in [-0.15, -0.1) is 11.6 Å². The minimum absolute atomic E-state index is 0.00484. The predicted octanol–water partition coefficient (Wildman–Crippen LogP) is 6.22. The summed E-state index contributed by atoms with van der Waals surface area (Å²) in [5, 5.41) is -1.15. The monoisotopic (exact) mass is 519 g/mol. The normalized spacial score (nSPS) is 36.8. The summed E-state index contributed by atoms with van der Waals surface area (Å²) >= 11 is 6.31. The van der Waals surface area contributed by atoms with Gasteiger partial charge in [0.2, 0.25) is 10.0 Å². The molecule has 0 heterocycles. The molecule has 0 spiro atoms. The van der Waals surface area contributed by atoms with Gasteiger partial charge in [-0.2, -0.15) is 17.5 Å². The van der Waals surface area contributed by atoms with Crippen LogP contribution in [0.5, 0.6) is 0 Å². The van der Waals surface area contributed by atoms with Gasteiger partial charge in [0.25, 0.3) is 0 Å². The zero-order valence-corrected chi connectivity index (χ0v) is 21.0. The van der Waals surface area contributed by atoms with Crippen molar-refractivity contribution >= 4 is 21.6 Å². The van der Waals surface area contributed by atoms with Crippen LogP contribution in [0.25, 0.3) is 0 Å². The molecule has 7 atom stereocenters. The topological polar surface area (TPSA) is 46.6 Å². The average molecular weight is 520 g/mol. The van der Waals surface area contributed by atoms with Gasteiger partial charge in [-0.1, -0.05) is 13.3 Å². The standard InChI is InChI=1S/C23H38ClF4NO3S/c1-2-29(33(30,31)19-9-3-6-16(14-19)23(26,27)28)17-7-4-8-18(15-17)32-13-12-20-21(24)10-5-11-22(20)25/h16-22H,2-15H2,1H3. The smallest absolute Gasteiger partial charge is 0.378 e. The lowest BCUT2D eigenvalue weighted by atomic mass is 9.85. The van der Waals surface area contributed by atoms with Crippen molar-refractivity contribution in [1.82, 2.24) is 4.31 Å². The maximum Gasteiger partial charge on any atom is 0.391 e. The molecule has 0 amide bonds. The third-order valence-corrected chi connectivity index (χ3v) is 10.9. The zero-order chi connectivity index (χ0) is 24.2. The molecule has 0 aromatic rings. The fourth-order valence-corrected chi connectivity index (χ4v) is 8.71. The molecule has 3 rings (SSSR count). The van der Waals surface area contributed by atoms with E-state index in [4.69, 9.17) is 16.3 Å². The van der Waals surface area contributed by atoms with Gasteiger partial charge in [0.05, 0.1) is 17.3 Å². The molecule has 0 radical (unpaired) electrons. The van der Waals surface area contributed by atoms with Crippen LogP contribution in [0.1, 0.15) is 84.0 Å². The van der Waals surface area contributed by atoms with E-state index in [1.807, 2.05) is 0 Å². The number of hydrogen-bond acceptors (Lipinski definition) is 3. The van der Waals surface area contributed by atoms with Crippen LogP contribution in [0.3, 0.4) is 0 Å². The first-order chi connectivity index (χ1) is 15.5. The van der Waals surface area contributed by atoms with Gasteiger partial charge in [-0.05, 0) is 70.6 Å². The molecular weight excluding hydrogens is 482 g/mol. The van der Waals surface area contributed by atoms with Crippen molar-refractivity contribution in [2.45, 2.75) is 119 Å². The van der Waals surface area contributed by atoms with Crippen molar-refractivity contribution in [3.8, 4) is 0 Å². The third kappa shape index (κ3) is 6.98. The molecule has 33 heavy (non-hydrogen) atoms. The van der Waals surface area contributed by atoms with Crippen molar-refractivity contribution in [2.24, 2.45) is 11.8 Å². The molecule has 0 bridgehead atoms. The van der Waals surface area contributed by atoms with E-state index in [0.717, 1.165) is 25.7 Å². The first kappa shape index (κ1) is 27.5. The third-order valence-electron chi connectivity index (χ3n) is 7.85. The number of rotatable bonds is 8. The Morgan fingerprint density at radius 1 is 1.00 bits per heavy atom. The second-order valence-corrected chi connectivity index (χ2v) is 12.7. The lowest BCUT2D eigenvalue weighted by Gasteiger charge is -2.40. The Balaban J connectivity index is 1.57. The molecule has 0 aromatic heterocycles. The maximum atomic E-state index is 14.2. The number of hydrogen-bond donors (Lipinski definition) is 0. The number of alkyl halides is 5. The second-order valence-electron chi connectivity index (χ2n) is 10.0. The fraction of sp³-hybridized carbons (Fsp3) is 1.00. The van der Waals surface area contributed by atoms with Gasteiger partial charge in [-0.25, -0.2) is 12.8 Å². The zero-order valence-electron chi connectivity index (χ0n) is 19.4. The summed E-state index contributed by atoms with van der Waals surface area (Å²) in [6.07, 6.45) is 0.360. The number of sulfonamides is 1. The minimum Gasteiger partial charge on any atom is -0.378 e. The quantitative estimate of drug-likeness (QED) is 0.282. The highest BCUT2D eigenvalue weighted by atomic mass is 35.5. The summed E-state index contributed by atoms with van der Waals surface area (Å²) in [6, 6.07) is -0.269. The molecular formula is C23H38ClF4NO3S. The predicted molar refractivity (Wildman–Crippen MR) is 122 cm³/mol. The number of ether oxygens (including phenoxy) is 1. The van der Waals surface area contributed by atoms with Gasteiger partial charge in [0.15, 0.2) is 0 Å². The van der Waals surface area contributed by atoms with E-state index in [1.54, 1.807) is 6.92 Å². The van der Waals surface area contributed by atoms with Crippen molar-refractivity contribution < 1.29 is 30.7 Å². The molecule has 4 nitrogen and oxygen atoms in total. The van der Waals surface area contributed by atoms with Crippen LogP contribution >= 0.6 is 11.6 Å². The van der Waals surface area contributed by atoms with E-state index in [2.05, 4.69) is 0 Å². The summed E-state index contributed by atoms with van der Waals surface area (Å²) in [6.45, 7) is 2.38. The fourth-order valence-electron chi connectivity index (χ4n) is 5.98. The van der Waals surface area contributed by atoms with Crippen LogP contribution in [-0.2, 0) is 14.8 Å².